The van der Waals surface area contributed by atoms with Gasteiger partial charge in [-0.05, 0) is 0 Å². The first kappa shape index (κ1) is 17.1. The molecule has 0 aromatic rings. The Kier molecular flexibility index (Phi) is 46.6. The highest BCUT2D eigenvalue weighted by atomic mass is 14.6. The summed E-state index contributed by atoms with van der Waals surface area (Å²) in [4.78, 5) is 0. The molecular weight excluding hydrogens is 152 g/mol. The highest BCUT2D eigenvalue weighted by Gasteiger charge is 1.54. The summed E-state index contributed by atoms with van der Waals surface area (Å²) < 4.78 is 0. The van der Waals surface area contributed by atoms with E-state index in [1.54, 1.807) is 0 Å². The van der Waals surface area contributed by atoms with Crippen molar-refractivity contribution in [1.82, 2.24) is 0 Å². The van der Waals surface area contributed by atoms with Crippen LogP contribution in [0.15, 0.2) is 0 Å². The minimum absolute atomic E-state index is 0.597. The number of nitrogens with two attached hydrogens (primary N) is 2. The number of hydrogen-bond acceptors (Lipinski definition) is 4. The molecule has 0 saturated carbocycles. The van der Waals surface area contributed by atoms with Gasteiger partial charge in [0.15, 0.2) is 0 Å². The molecule has 0 saturated heterocycles. The summed E-state index contributed by atoms with van der Waals surface area (Å²) in [6, 6.07) is 3.86. The van der Waals surface area contributed by atoms with Crippen molar-refractivity contribution >= 4 is 0 Å². The van der Waals surface area contributed by atoms with E-state index in [2.05, 4.69) is 0 Å². The van der Waals surface area contributed by atoms with Gasteiger partial charge < -0.3 is 11.5 Å². The summed E-state index contributed by atoms with van der Waals surface area (Å²) >= 11 is 0. The maximum atomic E-state index is 7.62. The van der Waals surface area contributed by atoms with Gasteiger partial charge in [-0.25, -0.2) is 0 Å². The van der Waals surface area contributed by atoms with Crippen molar-refractivity contribution in [3.8, 4) is 12.1 Å². The van der Waals surface area contributed by atoms with E-state index < -0.39 is 0 Å². The summed E-state index contributed by atoms with van der Waals surface area (Å²) in [6.45, 7) is 4.83. The maximum Gasteiger partial charge on any atom is 0.0618 e. The summed E-state index contributed by atoms with van der Waals surface area (Å²) in [5, 5.41) is 15.2. The molecule has 0 radical (unpaired) electrons. The van der Waals surface area contributed by atoms with Crippen LogP contribution >= 0.6 is 0 Å². The van der Waals surface area contributed by atoms with Gasteiger partial charge in [0.05, 0.1) is 12.1 Å². The molecule has 0 aromatic carbocycles. The van der Waals surface area contributed by atoms with E-state index in [0.717, 1.165) is 0 Å². The summed E-state index contributed by atoms with van der Waals surface area (Å²) in [5.41, 5.74) is 9.81. The van der Waals surface area contributed by atoms with Gasteiger partial charge in [0.25, 0.3) is 0 Å². The zero-order chi connectivity index (χ0) is 10.2. The maximum absolute atomic E-state index is 7.62. The molecule has 4 N–H and O–H groups in total. The van der Waals surface area contributed by atoms with Gasteiger partial charge in [0.1, 0.15) is 0 Å². The molecule has 4 nitrogen and oxygen atoms in total. The fourth-order valence-corrected chi connectivity index (χ4v) is 0. The van der Waals surface area contributed by atoms with Crippen molar-refractivity contribution in [1.29, 1.82) is 10.5 Å². The van der Waals surface area contributed by atoms with Gasteiger partial charge in [-0.2, -0.15) is 10.5 Å². The van der Waals surface area contributed by atoms with Crippen molar-refractivity contribution in [2.45, 2.75) is 26.7 Å². The first-order valence-electron chi connectivity index (χ1n) is 3.89. The molecule has 0 spiro atoms. The van der Waals surface area contributed by atoms with Crippen LogP contribution in [0.5, 0.6) is 0 Å². The highest BCUT2D eigenvalue weighted by Crippen LogP contribution is 1.58. The first-order valence-corrected chi connectivity index (χ1v) is 3.89. The van der Waals surface area contributed by atoms with Crippen LogP contribution in [0.4, 0.5) is 0 Å². The van der Waals surface area contributed by atoms with Gasteiger partial charge in [-0.15, -0.1) is 0 Å². The third kappa shape index (κ3) is 154. The van der Waals surface area contributed by atoms with Gasteiger partial charge in [0.2, 0.25) is 0 Å². The fourth-order valence-electron chi connectivity index (χ4n) is 0. The van der Waals surface area contributed by atoms with E-state index in [4.69, 9.17) is 22.0 Å². The largest absolute Gasteiger partial charge is 0.329 e. The molecular formula is C8H18N4. The third-order valence-corrected chi connectivity index (χ3v) is 0.483. The lowest BCUT2D eigenvalue weighted by atomic mass is 10.6. The highest BCUT2D eigenvalue weighted by molar-refractivity contribution is 4.62. The van der Waals surface area contributed by atoms with Crippen LogP contribution in [-0.2, 0) is 0 Å². The molecule has 0 aliphatic carbocycles. The van der Waals surface area contributed by atoms with Crippen LogP contribution in [-0.4, -0.2) is 13.1 Å². The molecule has 0 bridgehead atoms. The topological polar surface area (TPSA) is 99.6 Å². The lowest BCUT2D eigenvalue weighted by Gasteiger charge is -1.72. The van der Waals surface area contributed by atoms with Crippen LogP contribution in [0.1, 0.15) is 26.7 Å². The second-order valence-corrected chi connectivity index (χ2v) is 1.60. The van der Waals surface area contributed by atoms with E-state index in [0.29, 0.717) is 25.9 Å². The Bertz CT molecular complexity index is 104. The Hall–Kier alpha value is -1.10. The molecule has 0 atom stereocenters. The van der Waals surface area contributed by atoms with Gasteiger partial charge in [-0.1, -0.05) is 13.8 Å². The quantitative estimate of drug-likeness (QED) is 0.606. The molecule has 0 aliphatic rings. The van der Waals surface area contributed by atoms with E-state index in [1.165, 1.54) is 0 Å². The summed E-state index contributed by atoms with van der Waals surface area (Å²) in [6.07, 6.45) is 1.25. The first-order chi connectivity index (χ1) is 5.74. The minimum Gasteiger partial charge on any atom is -0.329 e. The molecule has 0 aliphatic heterocycles. The normalized spacial score (nSPS) is 5.83. The number of nitriles is 2. The van der Waals surface area contributed by atoms with Crippen molar-refractivity contribution in [2.75, 3.05) is 13.1 Å². The number of hydrogen-bond donors (Lipinski definition) is 2. The zero-order valence-corrected chi connectivity index (χ0v) is 7.88. The predicted molar refractivity (Wildman–Crippen MR) is 49.9 cm³/mol. The van der Waals surface area contributed by atoms with Gasteiger partial charge >= 0.3 is 0 Å². The standard InChI is InChI=1S/2C3H5N.C2H8N2/c2*1-2-3-4;3-1-2-4/h2*2H2,1H3;1-4H2. The molecule has 0 rings (SSSR count). The molecule has 0 fully saturated rings. The van der Waals surface area contributed by atoms with Gasteiger partial charge in [0, 0.05) is 25.9 Å². The Labute approximate surface area is 74.8 Å². The summed E-state index contributed by atoms with van der Waals surface area (Å²) in [7, 11) is 0. The monoisotopic (exact) mass is 170 g/mol. The smallest absolute Gasteiger partial charge is 0.0618 e. The summed E-state index contributed by atoms with van der Waals surface area (Å²) in [5.74, 6) is 0. The van der Waals surface area contributed by atoms with E-state index in [1.807, 2.05) is 26.0 Å². The molecule has 0 unspecified atom stereocenters. The van der Waals surface area contributed by atoms with Crippen molar-refractivity contribution < 1.29 is 0 Å². The SMILES string of the molecule is CCC#N.CCC#N.NCCN. The molecule has 0 aromatic heterocycles. The fraction of sp³-hybridized carbons (Fsp3) is 0.750. The average molecular weight is 170 g/mol. The Balaban J connectivity index is -0.000000101. The Morgan fingerprint density at radius 2 is 1.08 bits per heavy atom. The zero-order valence-electron chi connectivity index (χ0n) is 7.88. The third-order valence-electron chi connectivity index (χ3n) is 0.483. The van der Waals surface area contributed by atoms with Crippen LogP contribution < -0.4 is 11.5 Å². The second kappa shape index (κ2) is 32.7. The van der Waals surface area contributed by atoms with Crippen LogP contribution in [0, 0.1) is 22.7 Å². The molecule has 70 valence electrons. The minimum atomic E-state index is 0.597. The molecule has 4 heteroatoms. The average Bonchev–Trinajstić information content (AvgIpc) is 2.18. The Morgan fingerprint density at radius 3 is 1.08 bits per heavy atom. The second-order valence-electron chi connectivity index (χ2n) is 1.60. The van der Waals surface area contributed by atoms with Crippen LogP contribution in [0.2, 0.25) is 0 Å². The van der Waals surface area contributed by atoms with Crippen LogP contribution in [0.25, 0.3) is 0 Å². The van der Waals surface area contributed by atoms with Crippen molar-refractivity contribution in [3.63, 3.8) is 0 Å². The lowest BCUT2D eigenvalue weighted by molar-refractivity contribution is 0.976. The number of nitrogens with zero attached hydrogens (tertiary/aromatic N) is 2. The molecule has 0 heterocycles. The molecule has 0 amide bonds. The Morgan fingerprint density at radius 1 is 0.917 bits per heavy atom. The van der Waals surface area contributed by atoms with Crippen molar-refractivity contribution in [3.05, 3.63) is 0 Å². The van der Waals surface area contributed by atoms with Crippen molar-refractivity contribution in [2.24, 2.45) is 11.5 Å². The van der Waals surface area contributed by atoms with E-state index in [-0.39, 0.29) is 0 Å². The lowest BCUT2D eigenvalue weighted by Crippen LogP contribution is -2.11. The van der Waals surface area contributed by atoms with Gasteiger partial charge in [-0.3, -0.25) is 0 Å². The number of rotatable bonds is 1. The molecule has 12 heavy (non-hydrogen) atoms. The van der Waals surface area contributed by atoms with Crippen LogP contribution in [0.3, 0.4) is 0 Å². The predicted octanol–water partition coefficient (Wildman–Crippen LogP) is 0.744. The van der Waals surface area contributed by atoms with E-state index in [9.17, 15) is 0 Å². The van der Waals surface area contributed by atoms with E-state index >= 15 is 0 Å².